The van der Waals surface area contributed by atoms with E-state index in [1.807, 2.05) is 0 Å². The lowest BCUT2D eigenvalue weighted by Crippen LogP contribution is -2.30. The van der Waals surface area contributed by atoms with Crippen LogP contribution in [0.1, 0.15) is 13.3 Å². The van der Waals surface area contributed by atoms with Crippen LogP contribution in [0, 0.1) is 0 Å². The summed E-state index contributed by atoms with van der Waals surface area (Å²) in [4.78, 5) is 22.0. The Morgan fingerprint density at radius 1 is 1.21 bits per heavy atom. The first-order valence-electron chi connectivity index (χ1n) is 5.46. The molecular weight excluding hydrogens is 270 g/mol. The number of primary sulfonamides is 1. The van der Waals surface area contributed by atoms with E-state index in [2.05, 4.69) is 10.6 Å². The first-order valence-corrected chi connectivity index (χ1v) is 7.01. The van der Waals surface area contributed by atoms with Gasteiger partial charge in [0.15, 0.2) is 0 Å². The number of Topliss-reactive ketones (excluding diaryl/α,β-unsaturated/α-hetero) is 1. The van der Waals surface area contributed by atoms with Gasteiger partial charge in [-0.25, -0.2) is 18.4 Å². The zero-order chi connectivity index (χ0) is 14.5. The number of carbonyl (C=O) groups excluding carboxylic acids is 2. The topological polar surface area (TPSA) is 118 Å². The van der Waals surface area contributed by atoms with Gasteiger partial charge in [-0.15, -0.1) is 0 Å². The molecule has 0 unspecified atom stereocenters. The monoisotopic (exact) mass is 285 g/mol. The number of amides is 2. The molecule has 0 saturated carbocycles. The van der Waals surface area contributed by atoms with Crippen LogP contribution in [0.25, 0.3) is 0 Å². The molecule has 1 rings (SSSR count). The van der Waals surface area contributed by atoms with Crippen molar-refractivity contribution in [1.82, 2.24) is 5.32 Å². The number of urea groups is 1. The fourth-order valence-electron chi connectivity index (χ4n) is 1.26. The van der Waals surface area contributed by atoms with Crippen molar-refractivity contribution >= 4 is 27.5 Å². The van der Waals surface area contributed by atoms with Crippen LogP contribution in [0.4, 0.5) is 10.5 Å². The Hall–Kier alpha value is -1.93. The summed E-state index contributed by atoms with van der Waals surface area (Å²) in [6.07, 6.45) is 0.262. The Balaban J connectivity index is 2.54. The highest BCUT2D eigenvalue weighted by Crippen LogP contribution is 2.12. The van der Waals surface area contributed by atoms with Crippen LogP contribution in [0.3, 0.4) is 0 Å². The number of nitrogens with one attached hydrogen (secondary N) is 2. The highest BCUT2D eigenvalue weighted by Gasteiger charge is 2.07. The van der Waals surface area contributed by atoms with E-state index in [9.17, 15) is 18.0 Å². The van der Waals surface area contributed by atoms with Crippen LogP contribution in [0.5, 0.6) is 0 Å². The van der Waals surface area contributed by atoms with Gasteiger partial charge in [0.05, 0.1) is 4.90 Å². The van der Waals surface area contributed by atoms with E-state index < -0.39 is 16.1 Å². The predicted octanol–water partition coefficient (Wildman–Crippen LogP) is 0.435. The lowest BCUT2D eigenvalue weighted by molar-refractivity contribution is -0.116. The minimum Gasteiger partial charge on any atom is -0.337 e. The van der Waals surface area contributed by atoms with E-state index in [4.69, 9.17) is 5.14 Å². The van der Waals surface area contributed by atoms with E-state index >= 15 is 0 Å². The summed E-state index contributed by atoms with van der Waals surface area (Å²) in [6, 6.07) is 4.96. The third kappa shape index (κ3) is 5.49. The quantitative estimate of drug-likeness (QED) is 0.727. The first kappa shape index (κ1) is 15.1. The molecule has 0 aliphatic carbocycles. The molecule has 8 heteroatoms. The average molecular weight is 285 g/mol. The molecular formula is C11H15N3O4S. The van der Waals surface area contributed by atoms with Gasteiger partial charge < -0.3 is 10.6 Å². The molecule has 7 nitrogen and oxygen atoms in total. The molecule has 0 spiro atoms. The maximum Gasteiger partial charge on any atom is 0.319 e. The number of ketones is 1. The maximum absolute atomic E-state index is 11.4. The fourth-order valence-corrected chi connectivity index (χ4v) is 1.77. The molecule has 0 bridgehead atoms. The zero-order valence-electron chi connectivity index (χ0n) is 10.3. The molecule has 1 aromatic carbocycles. The summed E-state index contributed by atoms with van der Waals surface area (Å²) in [7, 11) is -3.74. The largest absolute Gasteiger partial charge is 0.337 e. The molecule has 104 valence electrons. The van der Waals surface area contributed by atoms with Crippen LogP contribution in [0.2, 0.25) is 0 Å². The highest BCUT2D eigenvalue weighted by molar-refractivity contribution is 7.89. The summed E-state index contributed by atoms with van der Waals surface area (Å²) in [5.74, 6) is -0.0159. The molecule has 0 heterocycles. The number of carbonyl (C=O) groups is 2. The average Bonchev–Trinajstić information content (AvgIpc) is 2.27. The van der Waals surface area contributed by atoms with Crippen LogP contribution >= 0.6 is 0 Å². The second-order valence-corrected chi connectivity index (χ2v) is 5.46. The fraction of sp³-hybridized carbons (Fsp3) is 0.273. The second kappa shape index (κ2) is 6.30. The smallest absolute Gasteiger partial charge is 0.319 e. The lowest BCUT2D eigenvalue weighted by Gasteiger charge is -2.07. The molecule has 0 saturated heterocycles. The van der Waals surface area contributed by atoms with Gasteiger partial charge in [-0.3, -0.25) is 4.79 Å². The van der Waals surface area contributed by atoms with Gasteiger partial charge in [0.25, 0.3) is 0 Å². The van der Waals surface area contributed by atoms with E-state index in [0.29, 0.717) is 5.69 Å². The summed E-state index contributed by atoms with van der Waals surface area (Å²) >= 11 is 0. The molecule has 19 heavy (non-hydrogen) atoms. The molecule has 0 aliphatic heterocycles. The van der Waals surface area contributed by atoms with Gasteiger partial charge >= 0.3 is 6.03 Å². The second-order valence-electron chi connectivity index (χ2n) is 3.90. The molecule has 0 aliphatic rings. The molecule has 0 atom stereocenters. The molecule has 4 N–H and O–H groups in total. The van der Waals surface area contributed by atoms with Crippen LogP contribution in [-0.2, 0) is 14.8 Å². The number of benzene rings is 1. The van der Waals surface area contributed by atoms with Crippen LogP contribution < -0.4 is 15.8 Å². The zero-order valence-corrected chi connectivity index (χ0v) is 11.2. The van der Waals surface area contributed by atoms with Crippen molar-refractivity contribution in [2.45, 2.75) is 18.2 Å². The standard InChI is InChI=1S/C11H15N3O4S/c1-8(15)6-7-13-11(16)14-9-2-4-10(5-3-9)19(12,17)18/h2-5H,6-7H2,1H3,(H2,12,17,18)(H2,13,14,16). The van der Waals surface area contributed by atoms with Crippen LogP contribution in [0.15, 0.2) is 29.2 Å². The third-order valence-corrected chi connectivity index (χ3v) is 3.13. The van der Waals surface area contributed by atoms with Crippen molar-refractivity contribution < 1.29 is 18.0 Å². The van der Waals surface area contributed by atoms with Gasteiger partial charge in [-0.05, 0) is 31.2 Å². The Kier molecular flexibility index (Phi) is 5.02. The summed E-state index contributed by atoms with van der Waals surface area (Å²) < 4.78 is 22.0. The summed E-state index contributed by atoms with van der Waals surface area (Å²) in [5, 5.41) is 9.93. The van der Waals surface area contributed by atoms with E-state index in [0.717, 1.165) is 0 Å². The number of hydrogen-bond donors (Lipinski definition) is 3. The summed E-state index contributed by atoms with van der Waals surface area (Å²) in [6.45, 7) is 1.68. The van der Waals surface area contributed by atoms with E-state index in [1.54, 1.807) is 0 Å². The normalized spacial score (nSPS) is 10.8. The highest BCUT2D eigenvalue weighted by atomic mass is 32.2. The van der Waals surface area contributed by atoms with Crippen molar-refractivity contribution in [1.29, 1.82) is 0 Å². The van der Waals surface area contributed by atoms with Crippen molar-refractivity contribution in [3.05, 3.63) is 24.3 Å². The Bertz CT molecular complexity index is 566. The predicted molar refractivity (Wildman–Crippen MR) is 70.1 cm³/mol. The SMILES string of the molecule is CC(=O)CCNC(=O)Nc1ccc(S(N)(=O)=O)cc1. The number of nitrogens with two attached hydrogens (primary N) is 1. The van der Waals surface area contributed by atoms with E-state index in [-0.39, 0.29) is 23.6 Å². The number of anilines is 1. The number of rotatable bonds is 5. The van der Waals surface area contributed by atoms with Crippen LogP contribution in [-0.4, -0.2) is 26.8 Å². The lowest BCUT2D eigenvalue weighted by atomic mass is 10.3. The summed E-state index contributed by atoms with van der Waals surface area (Å²) in [5.41, 5.74) is 0.424. The molecule has 0 radical (unpaired) electrons. The minimum absolute atomic E-state index is 0.0159. The number of hydrogen-bond acceptors (Lipinski definition) is 4. The van der Waals surface area contributed by atoms with Gasteiger partial charge in [-0.2, -0.15) is 0 Å². The first-order chi connectivity index (χ1) is 8.79. The molecule has 0 fully saturated rings. The van der Waals surface area contributed by atoms with Crippen molar-refractivity contribution in [3.63, 3.8) is 0 Å². The molecule has 1 aromatic rings. The van der Waals surface area contributed by atoms with Gasteiger partial charge in [-0.1, -0.05) is 0 Å². The number of sulfonamides is 1. The minimum atomic E-state index is -3.74. The van der Waals surface area contributed by atoms with Crippen molar-refractivity contribution in [2.24, 2.45) is 5.14 Å². The Labute approximate surface area is 111 Å². The van der Waals surface area contributed by atoms with Gasteiger partial charge in [0, 0.05) is 18.7 Å². The molecule has 2 amide bonds. The van der Waals surface area contributed by atoms with Crippen molar-refractivity contribution in [2.75, 3.05) is 11.9 Å². The molecule has 0 aromatic heterocycles. The maximum atomic E-state index is 11.4. The Morgan fingerprint density at radius 3 is 2.26 bits per heavy atom. The van der Waals surface area contributed by atoms with Gasteiger partial charge in [0.2, 0.25) is 10.0 Å². The van der Waals surface area contributed by atoms with Gasteiger partial charge in [0.1, 0.15) is 5.78 Å². The third-order valence-electron chi connectivity index (χ3n) is 2.20. The van der Waals surface area contributed by atoms with Crippen molar-refractivity contribution in [3.8, 4) is 0 Å². The van der Waals surface area contributed by atoms with E-state index in [1.165, 1.54) is 31.2 Å². The Morgan fingerprint density at radius 2 is 1.79 bits per heavy atom.